The van der Waals surface area contributed by atoms with Crippen LogP contribution >= 0.6 is 0 Å². The van der Waals surface area contributed by atoms with Crippen molar-refractivity contribution < 1.29 is 4.74 Å². The first-order valence-electron chi connectivity index (χ1n) is 6.44. The number of rotatable bonds is 7. The van der Waals surface area contributed by atoms with Gasteiger partial charge >= 0.3 is 0 Å². The van der Waals surface area contributed by atoms with Crippen molar-refractivity contribution in [2.45, 2.75) is 26.5 Å². The number of nitrogens with one attached hydrogen (secondary N) is 1. The molecule has 6 heteroatoms. The summed E-state index contributed by atoms with van der Waals surface area (Å²) in [6.07, 6.45) is 1.12. The number of para-hydroxylation sites is 1. The zero-order chi connectivity index (χ0) is 13.5. The Bertz CT molecular complexity index is 511. The van der Waals surface area contributed by atoms with E-state index < -0.39 is 0 Å². The first-order chi connectivity index (χ1) is 9.29. The first-order valence-corrected chi connectivity index (χ1v) is 6.44. The van der Waals surface area contributed by atoms with Crippen LogP contribution in [0.2, 0.25) is 0 Å². The van der Waals surface area contributed by atoms with Crippen LogP contribution in [0.25, 0.3) is 0 Å². The highest BCUT2D eigenvalue weighted by Crippen LogP contribution is 2.18. The molecular formula is C13H19N5O. The lowest BCUT2D eigenvalue weighted by Crippen LogP contribution is -2.14. The second kappa shape index (κ2) is 6.84. The summed E-state index contributed by atoms with van der Waals surface area (Å²) in [7, 11) is 1.74. The number of hydrogen-bond acceptors (Lipinski definition) is 5. The summed E-state index contributed by atoms with van der Waals surface area (Å²) in [5, 5.41) is 15.1. The molecule has 0 aliphatic heterocycles. The Morgan fingerprint density at radius 2 is 2.16 bits per heavy atom. The van der Waals surface area contributed by atoms with Gasteiger partial charge in [0.2, 0.25) is 5.82 Å². The molecule has 2 rings (SSSR count). The predicted molar refractivity (Wildman–Crippen MR) is 71.6 cm³/mol. The number of tetrazole rings is 1. The predicted octanol–water partition coefficient (Wildman–Crippen LogP) is 1.29. The monoisotopic (exact) mass is 261 g/mol. The van der Waals surface area contributed by atoms with Gasteiger partial charge in [-0.25, -0.2) is 0 Å². The van der Waals surface area contributed by atoms with Gasteiger partial charge in [0.15, 0.2) is 6.61 Å². The molecule has 1 heterocycles. The van der Waals surface area contributed by atoms with Crippen molar-refractivity contribution in [2.75, 3.05) is 6.54 Å². The van der Waals surface area contributed by atoms with Crippen molar-refractivity contribution in [3.63, 3.8) is 0 Å². The van der Waals surface area contributed by atoms with Gasteiger partial charge in [-0.3, -0.25) is 0 Å². The molecule has 102 valence electrons. The highest BCUT2D eigenvalue weighted by Gasteiger charge is 2.05. The molecule has 0 saturated heterocycles. The number of benzene rings is 1. The summed E-state index contributed by atoms with van der Waals surface area (Å²) in [5.41, 5.74) is 1.14. The van der Waals surface area contributed by atoms with E-state index >= 15 is 0 Å². The lowest BCUT2D eigenvalue weighted by molar-refractivity contribution is 0.291. The lowest BCUT2D eigenvalue weighted by Gasteiger charge is -2.10. The molecule has 1 aromatic carbocycles. The van der Waals surface area contributed by atoms with Crippen molar-refractivity contribution in [1.29, 1.82) is 0 Å². The SMILES string of the molecule is CCCNCc1ccccc1OCc1nnn(C)n1. The number of nitrogens with zero attached hydrogens (tertiary/aromatic N) is 4. The molecule has 0 saturated carbocycles. The minimum Gasteiger partial charge on any atom is -0.485 e. The third-order valence-corrected chi connectivity index (χ3v) is 2.62. The highest BCUT2D eigenvalue weighted by molar-refractivity contribution is 5.33. The van der Waals surface area contributed by atoms with Gasteiger partial charge in [-0.1, -0.05) is 25.1 Å². The van der Waals surface area contributed by atoms with E-state index in [1.807, 2.05) is 18.2 Å². The molecule has 0 radical (unpaired) electrons. The van der Waals surface area contributed by atoms with Crippen LogP contribution in [0.1, 0.15) is 24.7 Å². The molecule has 0 atom stereocenters. The van der Waals surface area contributed by atoms with Gasteiger partial charge < -0.3 is 10.1 Å². The molecule has 1 aromatic heterocycles. The molecule has 0 aliphatic rings. The Kier molecular flexibility index (Phi) is 4.85. The topological polar surface area (TPSA) is 64.9 Å². The second-order valence-corrected chi connectivity index (χ2v) is 4.27. The number of aryl methyl sites for hydroxylation is 1. The van der Waals surface area contributed by atoms with E-state index in [4.69, 9.17) is 4.74 Å². The smallest absolute Gasteiger partial charge is 0.212 e. The molecule has 0 bridgehead atoms. The fourth-order valence-electron chi connectivity index (χ4n) is 1.71. The Morgan fingerprint density at radius 1 is 1.32 bits per heavy atom. The summed E-state index contributed by atoms with van der Waals surface area (Å²) in [6, 6.07) is 7.99. The third kappa shape index (κ3) is 4.03. The Balaban J connectivity index is 1.95. The van der Waals surface area contributed by atoms with Crippen molar-refractivity contribution in [1.82, 2.24) is 25.5 Å². The average molecular weight is 261 g/mol. The Hall–Kier alpha value is -1.95. The highest BCUT2D eigenvalue weighted by atomic mass is 16.5. The Morgan fingerprint density at radius 3 is 2.89 bits per heavy atom. The molecule has 2 aromatic rings. The van der Waals surface area contributed by atoms with E-state index in [0.29, 0.717) is 12.4 Å². The van der Waals surface area contributed by atoms with E-state index in [0.717, 1.165) is 30.8 Å². The standard InChI is InChI=1S/C13H19N5O/c1-3-8-14-9-11-6-4-5-7-12(11)19-10-13-15-17-18(2)16-13/h4-7,14H,3,8-10H2,1-2H3. The summed E-state index contributed by atoms with van der Waals surface area (Å²) in [4.78, 5) is 1.42. The minimum absolute atomic E-state index is 0.332. The largest absolute Gasteiger partial charge is 0.485 e. The second-order valence-electron chi connectivity index (χ2n) is 4.27. The zero-order valence-electron chi connectivity index (χ0n) is 11.3. The van der Waals surface area contributed by atoms with Gasteiger partial charge in [-0.2, -0.15) is 4.80 Å². The molecule has 19 heavy (non-hydrogen) atoms. The van der Waals surface area contributed by atoms with E-state index in [2.05, 4.69) is 33.7 Å². The van der Waals surface area contributed by atoms with Crippen LogP contribution in [0.3, 0.4) is 0 Å². The summed E-state index contributed by atoms with van der Waals surface area (Å²) >= 11 is 0. The van der Waals surface area contributed by atoms with Crippen LogP contribution < -0.4 is 10.1 Å². The van der Waals surface area contributed by atoms with E-state index in [9.17, 15) is 0 Å². The number of aromatic nitrogens is 4. The fourth-order valence-corrected chi connectivity index (χ4v) is 1.71. The maximum atomic E-state index is 5.75. The van der Waals surface area contributed by atoms with E-state index in [1.54, 1.807) is 7.05 Å². The molecule has 0 spiro atoms. The van der Waals surface area contributed by atoms with Gasteiger partial charge in [0.25, 0.3) is 0 Å². The third-order valence-electron chi connectivity index (χ3n) is 2.62. The number of hydrogen-bond donors (Lipinski definition) is 1. The van der Waals surface area contributed by atoms with Gasteiger partial charge in [-0.15, -0.1) is 10.2 Å². The fraction of sp³-hybridized carbons (Fsp3) is 0.462. The maximum Gasteiger partial charge on any atom is 0.212 e. The molecule has 0 unspecified atom stereocenters. The molecule has 0 fully saturated rings. The molecular weight excluding hydrogens is 242 g/mol. The quantitative estimate of drug-likeness (QED) is 0.761. The van der Waals surface area contributed by atoms with Gasteiger partial charge in [0.1, 0.15) is 5.75 Å². The Labute approximate surface area is 112 Å². The minimum atomic E-state index is 0.332. The normalized spacial score (nSPS) is 10.6. The van der Waals surface area contributed by atoms with Crippen LogP contribution in [0.5, 0.6) is 5.75 Å². The summed E-state index contributed by atoms with van der Waals surface area (Å²) in [6.45, 7) is 4.28. The summed E-state index contributed by atoms with van der Waals surface area (Å²) in [5.74, 6) is 1.44. The van der Waals surface area contributed by atoms with Crippen LogP contribution in [0, 0.1) is 0 Å². The lowest BCUT2D eigenvalue weighted by atomic mass is 10.2. The van der Waals surface area contributed by atoms with Crippen LogP contribution in [0.4, 0.5) is 0 Å². The molecule has 0 amide bonds. The van der Waals surface area contributed by atoms with Gasteiger partial charge in [0, 0.05) is 12.1 Å². The van der Waals surface area contributed by atoms with Crippen LogP contribution in [0.15, 0.2) is 24.3 Å². The van der Waals surface area contributed by atoms with Crippen molar-refractivity contribution in [3.05, 3.63) is 35.7 Å². The van der Waals surface area contributed by atoms with Crippen molar-refractivity contribution >= 4 is 0 Å². The van der Waals surface area contributed by atoms with Crippen LogP contribution in [-0.2, 0) is 20.2 Å². The van der Waals surface area contributed by atoms with Crippen LogP contribution in [-0.4, -0.2) is 26.8 Å². The average Bonchev–Trinajstić information content (AvgIpc) is 2.84. The zero-order valence-corrected chi connectivity index (χ0v) is 11.3. The molecule has 1 N–H and O–H groups in total. The molecule has 6 nitrogen and oxygen atoms in total. The van der Waals surface area contributed by atoms with Gasteiger partial charge in [-0.05, 0) is 24.2 Å². The van der Waals surface area contributed by atoms with E-state index in [1.165, 1.54) is 4.80 Å². The summed E-state index contributed by atoms with van der Waals surface area (Å²) < 4.78 is 5.75. The first kappa shape index (κ1) is 13.5. The van der Waals surface area contributed by atoms with E-state index in [-0.39, 0.29) is 0 Å². The van der Waals surface area contributed by atoms with Crippen molar-refractivity contribution in [3.8, 4) is 5.75 Å². The van der Waals surface area contributed by atoms with Crippen molar-refractivity contribution in [2.24, 2.45) is 7.05 Å². The number of ether oxygens (including phenoxy) is 1. The maximum absolute atomic E-state index is 5.75. The van der Waals surface area contributed by atoms with Gasteiger partial charge in [0.05, 0.1) is 7.05 Å². The molecule has 0 aliphatic carbocycles.